The first kappa shape index (κ1) is 32.7. The molecule has 4 rings (SSSR count). The van der Waals surface area contributed by atoms with Gasteiger partial charge in [0.2, 0.25) is 0 Å². The van der Waals surface area contributed by atoms with E-state index in [4.69, 9.17) is 0 Å². The van der Waals surface area contributed by atoms with Crippen molar-refractivity contribution in [2.75, 3.05) is 53.5 Å². The number of H-pyrrole nitrogens is 1. The van der Waals surface area contributed by atoms with Crippen LogP contribution < -0.4 is 5.32 Å². The molecule has 0 saturated carbocycles. The molecule has 1 aliphatic heterocycles. The van der Waals surface area contributed by atoms with Gasteiger partial charge in [-0.1, -0.05) is 54.5 Å². The first-order valence-electron chi connectivity index (χ1n) is 15.2. The lowest BCUT2D eigenvalue weighted by Crippen LogP contribution is -2.48. The van der Waals surface area contributed by atoms with E-state index >= 15 is 0 Å². The first-order chi connectivity index (χ1) is 18.2. The van der Waals surface area contributed by atoms with E-state index in [1.807, 2.05) is 27.7 Å². The molecule has 1 aromatic carbocycles. The molecule has 1 aromatic heterocycles. The quantitative estimate of drug-likeness (QED) is 0.318. The molecule has 3 N–H and O–H groups in total. The monoisotopic (exact) mass is 532 g/mol. The Morgan fingerprint density at radius 2 is 1.92 bits per heavy atom. The van der Waals surface area contributed by atoms with Crippen molar-refractivity contribution >= 4 is 10.9 Å². The number of fused-ring (bicyclic) bond motifs is 4. The second kappa shape index (κ2) is 15.4. The average Bonchev–Trinajstić information content (AvgIpc) is 3.28. The fourth-order valence-electron chi connectivity index (χ4n) is 6.15. The van der Waals surface area contributed by atoms with Crippen LogP contribution >= 0.6 is 0 Å². The van der Waals surface area contributed by atoms with Crippen LogP contribution in [0.5, 0.6) is 0 Å². The van der Waals surface area contributed by atoms with E-state index < -0.39 is 6.23 Å². The number of hydrogen-bond acceptors (Lipinski definition) is 4. The number of aryl methyl sites for hydroxylation is 1. The molecule has 2 aromatic rings. The summed E-state index contributed by atoms with van der Waals surface area (Å²) in [5.41, 5.74) is 5.00. The molecule has 6 heteroatoms. The number of aromatic amines is 1. The molecule has 2 heterocycles. The van der Waals surface area contributed by atoms with Crippen LogP contribution in [0.2, 0.25) is 0 Å². The highest BCUT2D eigenvalue weighted by Gasteiger charge is 2.40. The third-order valence-corrected chi connectivity index (χ3v) is 8.53. The summed E-state index contributed by atoms with van der Waals surface area (Å²) in [6.45, 7) is 19.4. The third-order valence-electron chi connectivity index (χ3n) is 8.53. The van der Waals surface area contributed by atoms with Crippen molar-refractivity contribution in [3.8, 4) is 0 Å². The maximum atomic E-state index is 12.9. The lowest BCUT2D eigenvalue weighted by atomic mass is 9.68. The van der Waals surface area contributed by atoms with Gasteiger partial charge in [-0.05, 0) is 87.5 Å². The average molecular weight is 533 g/mol. The Hall–Kier alpha value is -1.47. The zero-order valence-electron chi connectivity index (χ0n) is 25.8. The number of piperidine rings is 1. The number of nitrogens with one attached hydrogen (secondary N) is 2. The Labute approximate surface area is 232 Å². The fraction of sp³-hybridized carbons (Fsp3) is 0.750. The number of aromatic nitrogens is 1. The van der Waals surface area contributed by atoms with Gasteiger partial charge in [0.05, 0.1) is 6.67 Å². The van der Waals surface area contributed by atoms with Crippen LogP contribution in [0.15, 0.2) is 18.2 Å². The molecule has 1 aliphatic carbocycles. The number of hydrogen-bond donors (Lipinski definition) is 3. The van der Waals surface area contributed by atoms with Gasteiger partial charge in [-0.2, -0.15) is 0 Å². The van der Waals surface area contributed by atoms with Crippen LogP contribution in [0.25, 0.3) is 10.9 Å². The number of rotatable bonds is 10. The van der Waals surface area contributed by atoms with Gasteiger partial charge in [-0.25, -0.2) is 0 Å². The standard InChI is InChI=1S/C28H45FN4O.2C2H6/c1-19-23-18-33(14-10-28(2,3)27(34)30-12-15-32(4)5)13-9-21(23)17-25-26(19)22-16-20(8-11-29)6-7-24(22)31-25;2*1-2/h6-7,16,19,21,23,27,30-31,34H,8-15,17-18H2,1-5H3;2*1-2H3/t19-,21?,23?,27?;;/m1../s1. The minimum atomic E-state index is -0.495. The highest BCUT2D eigenvalue weighted by atomic mass is 19.1. The molecule has 2 aliphatic rings. The number of halogens is 1. The summed E-state index contributed by atoms with van der Waals surface area (Å²) in [5.74, 6) is 1.87. The van der Waals surface area contributed by atoms with E-state index in [0.29, 0.717) is 18.3 Å². The number of likely N-dealkylation sites (tertiary alicyclic amines) is 1. The zero-order chi connectivity index (χ0) is 28.5. The molecule has 1 saturated heterocycles. The van der Waals surface area contributed by atoms with Gasteiger partial charge in [-0.15, -0.1) is 0 Å². The van der Waals surface area contributed by atoms with Gasteiger partial charge in [0.25, 0.3) is 0 Å². The number of nitrogens with zero attached hydrogens (tertiary/aromatic N) is 2. The molecule has 3 unspecified atom stereocenters. The van der Waals surface area contributed by atoms with Gasteiger partial charge in [0, 0.05) is 48.1 Å². The van der Waals surface area contributed by atoms with Crippen molar-refractivity contribution in [3.05, 3.63) is 35.0 Å². The van der Waals surface area contributed by atoms with Gasteiger partial charge < -0.3 is 19.9 Å². The number of aliphatic hydroxyl groups is 1. The van der Waals surface area contributed by atoms with E-state index in [1.54, 1.807) is 0 Å². The van der Waals surface area contributed by atoms with E-state index in [0.717, 1.165) is 57.0 Å². The number of likely N-dealkylation sites (N-methyl/N-ethyl adjacent to an activating group) is 1. The summed E-state index contributed by atoms with van der Waals surface area (Å²) < 4.78 is 12.9. The molecule has 38 heavy (non-hydrogen) atoms. The molecule has 0 spiro atoms. The van der Waals surface area contributed by atoms with Crippen molar-refractivity contribution in [1.29, 1.82) is 0 Å². The van der Waals surface area contributed by atoms with E-state index in [2.05, 4.69) is 73.2 Å². The molecular weight excluding hydrogens is 475 g/mol. The second-order valence-corrected chi connectivity index (χ2v) is 11.7. The Morgan fingerprint density at radius 1 is 1.21 bits per heavy atom. The molecule has 0 radical (unpaired) electrons. The predicted molar refractivity (Wildman–Crippen MR) is 162 cm³/mol. The third kappa shape index (κ3) is 8.03. The lowest BCUT2D eigenvalue weighted by Gasteiger charge is -2.45. The van der Waals surface area contributed by atoms with Crippen LogP contribution in [0.1, 0.15) is 84.0 Å². The summed E-state index contributed by atoms with van der Waals surface area (Å²) in [4.78, 5) is 8.45. The maximum Gasteiger partial charge on any atom is 0.110 e. The SMILES string of the molecule is CC.CC.C[C@H]1c2c([nH]c3ccc(CCF)cc23)CC2CCN(CCC(C)(C)C(O)NCCN(C)C)CC21. The Balaban J connectivity index is 0.00000121. The van der Waals surface area contributed by atoms with E-state index in [9.17, 15) is 9.50 Å². The number of aliphatic hydroxyl groups excluding tert-OH is 1. The lowest BCUT2D eigenvalue weighted by molar-refractivity contribution is 0.00312. The van der Waals surface area contributed by atoms with Gasteiger partial charge in [0.15, 0.2) is 0 Å². The predicted octanol–water partition coefficient (Wildman–Crippen LogP) is 6.22. The van der Waals surface area contributed by atoms with Crippen LogP contribution in [-0.2, 0) is 12.8 Å². The minimum absolute atomic E-state index is 0.168. The zero-order valence-corrected chi connectivity index (χ0v) is 25.8. The van der Waals surface area contributed by atoms with Crippen molar-refractivity contribution < 1.29 is 9.50 Å². The number of benzene rings is 1. The first-order valence-corrected chi connectivity index (χ1v) is 15.2. The van der Waals surface area contributed by atoms with Gasteiger partial charge in [0.1, 0.15) is 6.23 Å². The molecule has 218 valence electrons. The van der Waals surface area contributed by atoms with Gasteiger partial charge >= 0.3 is 0 Å². The molecule has 4 atom stereocenters. The molecule has 0 bridgehead atoms. The maximum absolute atomic E-state index is 12.9. The second-order valence-electron chi connectivity index (χ2n) is 11.7. The largest absolute Gasteiger partial charge is 0.378 e. The number of alkyl halides is 1. The Bertz CT molecular complexity index is 956. The minimum Gasteiger partial charge on any atom is -0.378 e. The van der Waals surface area contributed by atoms with E-state index in [1.165, 1.54) is 28.6 Å². The molecule has 0 amide bonds. The van der Waals surface area contributed by atoms with Crippen LogP contribution in [0, 0.1) is 17.3 Å². The van der Waals surface area contributed by atoms with Crippen molar-refractivity contribution in [2.24, 2.45) is 17.3 Å². The van der Waals surface area contributed by atoms with Crippen LogP contribution in [0.3, 0.4) is 0 Å². The Morgan fingerprint density at radius 3 is 2.58 bits per heavy atom. The highest BCUT2D eigenvalue weighted by Crippen LogP contribution is 2.46. The van der Waals surface area contributed by atoms with E-state index in [-0.39, 0.29) is 12.1 Å². The smallest absolute Gasteiger partial charge is 0.110 e. The van der Waals surface area contributed by atoms with Crippen molar-refractivity contribution in [1.82, 2.24) is 20.1 Å². The molecular formula is C32H57FN4O. The molecule has 1 fully saturated rings. The summed E-state index contributed by atoms with van der Waals surface area (Å²) >= 11 is 0. The summed E-state index contributed by atoms with van der Waals surface area (Å²) in [6, 6.07) is 6.42. The Kier molecular flexibility index (Phi) is 13.2. The highest BCUT2D eigenvalue weighted by molar-refractivity contribution is 5.86. The van der Waals surface area contributed by atoms with Gasteiger partial charge in [-0.3, -0.25) is 9.71 Å². The van der Waals surface area contributed by atoms with Crippen LogP contribution in [0.4, 0.5) is 4.39 Å². The summed E-state index contributed by atoms with van der Waals surface area (Å²) in [7, 11) is 4.11. The van der Waals surface area contributed by atoms with Crippen LogP contribution in [-0.4, -0.2) is 79.6 Å². The molecule has 5 nitrogen and oxygen atoms in total. The summed E-state index contributed by atoms with van der Waals surface area (Å²) in [5, 5.41) is 15.3. The fourth-order valence-corrected chi connectivity index (χ4v) is 6.15. The van der Waals surface area contributed by atoms with Crippen molar-refractivity contribution in [2.45, 2.75) is 86.3 Å². The summed E-state index contributed by atoms with van der Waals surface area (Å²) in [6.07, 6.45) is 3.34. The topological polar surface area (TPSA) is 54.5 Å². The van der Waals surface area contributed by atoms with Crippen molar-refractivity contribution in [3.63, 3.8) is 0 Å². The normalized spacial score (nSPS) is 22.2.